The Morgan fingerprint density at radius 1 is 1.00 bits per heavy atom. The van der Waals surface area contributed by atoms with E-state index in [1.54, 1.807) is 18.2 Å². The minimum Gasteiger partial charge on any atom is -0.494 e. The second-order valence-electron chi connectivity index (χ2n) is 5.82. The molecule has 0 aliphatic rings. The molecule has 0 aromatic heterocycles. The molecule has 3 aromatic carbocycles. The normalized spacial score (nSPS) is 11.6. The Hall–Kier alpha value is -2.37. The quantitative estimate of drug-likeness (QED) is 0.726. The maximum Gasteiger partial charge on any atom is 0.240 e. The van der Waals surface area contributed by atoms with Gasteiger partial charge in [-0.15, -0.1) is 0 Å². The highest BCUT2D eigenvalue weighted by molar-refractivity contribution is 7.89. The minimum atomic E-state index is -3.59. The lowest BCUT2D eigenvalue weighted by molar-refractivity contribution is 0.337. The van der Waals surface area contributed by atoms with Gasteiger partial charge in [0.05, 0.1) is 11.5 Å². The van der Waals surface area contributed by atoms with Crippen LogP contribution in [-0.4, -0.2) is 15.0 Å². The number of aryl methyl sites for hydroxylation is 1. The Bertz CT molecular complexity index is 991. The lowest BCUT2D eigenvalue weighted by Gasteiger charge is -2.12. The number of benzene rings is 3. The molecule has 0 radical (unpaired) electrons. The average molecular weight is 355 g/mol. The van der Waals surface area contributed by atoms with E-state index in [9.17, 15) is 8.42 Å². The van der Waals surface area contributed by atoms with Crippen LogP contribution in [0.4, 0.5) is 0 Å². The summed E-state index contributed by atoms with van der Waals surface area (Å²) in [5.74, 6) is 0.704. The molecule has 0 bridgehead atoms. The molecule has 4 nitrogen and oxygen atoms in total. The standard InChI is InChI=1S/C20H21NO3S/c1-3-24-20-12-11-18(13-15(20)2)25(22,23)21-14-17-9-6-8-16-7-4-5-10-19(16)17/h4-13,21H,3,14H2,1-2H3. The molecule has 0 aliphatic carbocycles. The van der Waals surface area contributed by atoms with Crippen LogP contribution in [0, 0.1) is 6.92 Å². The van der Waals surface area contributed by atoms with Gasteiger partial charge in [-0.25, -0.2) is 13.1 Å². The van der Waals surface area contributed by atoms with Crippen molar-refractivity contribution < 1.29 is 13.2 Å². The predicted octanol–water partition coefficient (Wildman–Crippen LogP) is 4.03. The molecule has 0 heterocycles. The molecule has 25 heavy (non-hydrogen) atoms. The van der Waals surface area contributed by atoms with Crippen LogP contribution < -0.4 is 9.46 Å². The van der Waals surface area contributed by atoms with Gasteiger partial charge in [-0.05, 0) is 53.9 Å². The summed E-state index contributed by atoms with van der Waals surface area (Å²) in [4.78, 5) is 0.244. The first-order valence-corrected chi connectivity index (χ1v) is 9.69. The van der Waals surface area contributed by atoms with Crippen LogP contribution in [0.5, 0.6) is 5.75 Å². The SMILES string of the molecule is CCOc1ccc(S(=O)(=O)NCc2cccc3ccccc23)cc1C. The molecule has 3 aromatic rings. The fourth-order valence-electron chi connectivity index (χ4n) is 2.81. The van der Waals surface area contributed by atoms with Gasteiger partial charge in [-0.2, -0.15) is 0 Å². The number of fused-ring (bicyclic) bond motifs is 1. The van der Waals surface area contributed by atoms with Crippen LogP contribution in [0.15, 0.2) is 65.6 Å². The highest BCUT2D eigenvalue weighted by Gasteiger charge is 2.15. The van der Waals surface area contributed by atoms with Gasteiger partial charge < -0.3 is 4.74 Å². The Kier molecular flexibility index (Phi) is 5.06. The van der Waals surface area contributed by atoms with Crippen molar-refractivity contribution in [2.75, 3.05) is 6.61 Å². The second-order valence-corrected chi connectivity index (χ2v) is 7.59. The number of hydrogen-bond acceptors (Lipinski definition) is 3. The zero-order valence-corrected chi connectivity index (χ0v) is 15.1. The fourth-order valence-corrected chi connectivity index (χ4v) is 3.90. The summed E-state index contributed by atoms with van der Waals surface area (Å²) in [5, 5.41) is 2.15. The van der Waals surface area contributed by atoms with E-state index < -0.39 is 10.0 Å². The van der Waals surface area contributed by atoms with Gasteiger partial charge >= 0.3 is 0 Å². The van der Waals surface area contributed by atoms with Crippen molar-refractivity contribution in [3.05, 3.63) is 71.8 Å². The van der Waals surface area contributed by atoms with Gasteiger partial charge in [0, 0.05) is 6.54 Å². The van der Waals surface area contributed by atoms with Gasteiger partial charge in [0.25, 0.3) is 0 Å². The van der Waals surface area contributed by atoms with Crippen molar-refractivity contribution in [2.45, 2.75) is 25.3 Å². The van der Waals surface area contributed by atoms with Crippen LogP contribution in [0.1, 0.15) is 18.1 Å². The zero-order valence-electron chi connectivity index (χ0n) is 14.3. The van der Waals surface area contributed by atoms with Crippen LogP contribution >= 0.6 is 0 Å². The molecule has 5 heteroatoms. The Labute approximate surface area is 148 Å². The van der Waals surface area contributed by atoms with E-state index in [0.29, 0.717) is 12.4 Å². The number of rotatable bonds is 6. The molecule has 0 fully saturated rings. The summed E-state index contributed by atoms with van der Waals surface area (Å²) in [6, 6.07) is 18.7. The first kappa shape index (κ1) is 17.5. The van der Waals surface area contributed by atoms with Crippen molar-refractivity contribution >= 4 is 20.8 Å². The molecule has 0 aliphatic heterocycles. The van der Waals surface area contributed by atoms with Crippen molar-refractivity contribution in [1.82, 2.24) is 4.72 Å². The number of hydrogen-bond donors (Lipinski definition) is 1. The molecule has 0 spiro atoms. The van der Waals surface area contributed by atoms with Gasteiger partial charge in [-0.3, -0.25) is 0 Å². The Morgan fingerprint density at radius 2 is 1.76 bits per heavy atom. The summed E-state index contributed by atoms with van der Waals surface area (Å²) in [5.41, 5.74) is 1.75. The second kappa shape index (κ2) is 7.25. The lowest BCUT2D eigenvalue weighted by Crippen LogP contribution is -2.23. The molecule has 0 amide bonds. The largest absolute Gasteiger partial charge is 0.494 e. The lowest BCUT2D eigenvalue weighted by atomic mass is 10.1. The van der Waals surface area contributed by atoms with Gasteiger partial charge in [0.15, 0.2) is 0 Å². The summed E-state index contributed by atoms with van der Waals surface area (Å²) in [6.45, 7) is 4.53. The van der Waals surface area contributed by atoms with Gasteiger partial charge in [0.1, 0.15) is 5.75 Å². The van der Waals surface area contributed by atoms with E-state index in [2.05, 4.69) is 4.72 Å². The maximum absolute atomic E-state index is 12.6. The molecule has 0 saturated carbocycles. The van der Waals surface area contributed by atoms with Crippen LogP contribution in [0.2, 0.25) is 0 Å². The summed E-state index contributed by atoms with van der Waals surface area (Å²) in [6.07, 6.45) is 0. The smallest absolute Gasteiger partial charge is 0.240 e. The molecule has 0 unspecified atom stereocenters. The molecular formula is C20H21NO3S. The fraction of sp³-hybridized carbons (Fsp3) is 0.200. The first-order valence-electron chi connectivity index (χ1n) is 8.21. The third-order valence-corrected chi connectivity index (χ3v) is 5.49. The highest BCUT2D eigenvalue weighted by atomic mass is 32.2. The van der Waals surface area contributed by atoms with Crippen LogP contribution in [0.25, 0.3) is 10.8 Å². The third-order valence-electron chi connectivity index (χ3n) is 4.09. The van der Waals surface area contributed by atoms with Crippen LogP contribution in [-0.2, 0) is 16.6 Å². The average Bonchev–Trinajstić information content (AvgIpc) is 2.62. The van der Waals surface area contributed by atoms with E-state index in [4.69, 9.17) is 4.74 Å². The zero-order chi connectivity index (χ0) is 17.9. The number of sulfonamides is 1. The van der Waals surface area contributed by atoms with E-state index in [1.807, 2.05) is 56.3 Å². The van der Waals surface area contributed by atoms with Gasteiger partial charge in [-0.1, -0.05) is 42.5 Å². The molecule has 0 saturated heterocycles. The topological polar surface area (TPSA) is 55.4 Å². The van der Waals surface area contributed by atoms with Crippen molar-refractivity contribution in [3.8, 4) is 5.75 Å². The number of nitrogens with one attached hydrogen (secondary N) is 1. The first-order chi connectivity index (χ1) is 12.0. The van der Waals surface area contributed by atoms with Crippen molar-refractivity contribution in [2.24, 2.45) is 0 Å². The van der Waals surface area contributed by atoms with Gasteiger partial charge in [0.2, 0.25) is 10.0 Å². The molecule has 1 N–H and O–H groups in total. The summed E-state index contributed by atoms with van der Waals surface area (Å²) >= 11 is 0. The highest BCUT2D eigenvalue weighted by Crippen LogP contribution is 2.23. The monoisotopic (exact) mass is 355 g/mol. The van der Waals surface area contributed by atoms with Crippen molar-refractivity contribution in [1.29, 1.82) is 0 Å². The third kappa shape index (κ3) is 3.83. The van der Waals surface area contributed by atoms with E-state index in [1.165, 1.54) is 0 Å². The Balaban J connectivity index is 1.83. The molecule has 0 atom stereocenters. The van der Waals surface area contributed by atoms with E-state index in [0.717, 1.165) is 21.9 Å². The van der Waals surface area contributed by atoms with Crippen molar-refractivity contribution in [3.63, 3.8) is 0 Å². The molecule has 3 rings (SSSR count). The molecular weight excluding hydrogens is 334 g/mol. The Morgan fingerprint density at radius 3 is 2.52 bits per heavy atom. The summed E-state index contributed by atoms with van der Waals surface area (Å²) in [7, 11) is -3.59. The maximum atomic E-state index is 12.6. The van der Waals surface area contributed by atoms with Crippen LogP contribution in [0.3, 0.4) is 0 Å². The minimum absolute atomic E-state index is 0.244. The van der Waals surface area contributed by atoms with E-state index in [-0.39, 0.29) is 11.4 Å². The number of ether oxygens (including phenoxy) is 1. The predicted molar refractivity (Wildman–Crippen MR) is 100 cm³/mol. The molecule has 130 valence electrons. The van der Waals surface area contributed by atoms with E-state index >= 15 is 0 Å². The summed E-state index contributed by atoms with van der Waals surface area (Å²) < 4.78 is 33.4.